The monoisotopic (exact) mass is 317 g/mol. The van der Waals surface area contributed by atoms with E-state index >= 15 is 0 Å². The van der Waals surface area contributed by atoms with Gasteiger partial charge in [-0.3, -0.25) is 4.57 Å². The SMILES string of the molecule is CCOP(=O)(OCC)C(OC(N)=O)c1ccc(OC)cc1. The number of rotatable bonds is 8. The van der Waals surface area contributed by atoms with E-state index in [2.05, 4.69) is 0 Å². The second kappa shape index (κ2) is 8.02. The van der Waals surface area contributed by atoms with Crippen LogP contribution in [-0.4, -0.2) is 26.4 Å². The fourth-order valence-corrected chi connectivity index (χ4v) is 3.56. The van der Waals surface area contributed by atoms with Gasteiger partial charge in [-0.05, 0) is 26.0 Å². The summed E-state index contributed by atoms with van der Waals surface area (Å²) < 4.78 is 33.2. The lowest BCUT2D eigenvalue weighted by Gasteiger charge is -2.25. The molecule has 7 nitrogen and oxygen atoms in total. The Morgan fingerprint density at radius 3 is 2.10 bits per heavy atom. The first-order chi connectivity index (χ1) is 9.96. The Balaban J connectivity index is 3.18. The zero-order valence-corrected chi connectivity index (χ0v) is 13.2. The molecule has 0 aromatic heterocycles. The summed E-state index contributed by atoms with van der Waals surface area (Å²) in [7, 11) is -2.17. The van der Waals surface area contributed by atoms with Crippen molar-refractivity contribution in [1.29, 1.82) is 0 Å². The summed E-state index contributed by atoms with van der Waals surface area (Å²) >= 11 is 0. The smallest absolute Gasteiger partial charge is 0.405 e. The van der Waals surface area contributed by atoms with Crippen molar-refractivity contribution in [2.45, 2.75) is 19.7 Å². The maximum absolute atomic E-state index is 12.8. The van der Waals surface area contributed by atoms with E-state index in [0.29, 0.717) is 11.3 Å². The second-order valence-corrected chi connectivity index (χ2v) is 6.00. The van der Waals surface area contributed by atoms with Gasteiger partial charge < -0.3 is 24.3 Å². The number of benzene rings is 1. The molecule has 0 bridgehead atoms. The molecule has 1 amide bonds. The quantitative estimate of drug-likeness (QED) is 0.740. The third kappa shape index (κ3) is 4.74. The molecule has 21 heavy (non-hydrogen) atoms. The van der Waals surface area contributed by atoms with E-state index in [4.69, 9.17) is 24.3 Å². The molecule has 1 aromatic rings. The van der Waals surface area contributed by atoms with Crippen LogP contribution < -0.4 is 10.5 Å². The highest BCUT2D eigenvalue weighted by molar-refractivity contribution is 7.54. The van der Waals surface area contributed by atoms with Crippen LogP contribution in [0, 0.1) is 0 Å². The van der Waals surface area contributed by atoms with Crippen LogP contribution in [0.4, 0.5) is 4.79 Å². The first kappa shape index (κ1) is 17.5. The Hall–Kier alpha value is -1.56. The van der Waals surface area contributed by atoms with Gasteiger partial charge in [0.1, 0.15) is 5.75 Å². The number of primary amides is 1. The van der Waals surface area contributed by atoms with Gasteiger partial charge in [0, 0.05) is 5.56 Å². The van der Waals surface area contributed by atoms with Gasteiger partial charge in [-0.25, -0.2) is 4.79 Å². The standard InChI is InChI=1S/C13H20NO6P/c1-4-18-21(16,19-5-2)12(20-13(14)15)10-6-8-11(17-3)9-7-10/h6-9,12H,4-5H2,1-3H3,(H2,14,15). The number of carbonyl (C=O) groups is 1. The molecule has 2 N–H and O–H groups in total. The first-order valence-electron chi connectivity index (χ1n) is 6.45. The molecule has 0 aliphatic rings. The normalized spacial score (nSPS) is 12.7. The molecule has 0 aliphatic heterocycles. The highest BCUT2D eigenvalue weighted by Gasteiger charge is 2.40. The highest BCUT2D eigenvalue weighted by atomic mass is 31.2. The van der Waals surface area contributed by atoms with E-state index in [0.717, 1.165) is 0 Å². The minimum atomic E-state index is -3.69. The van der Waals surface area contributed by atoms with Crippen molar-refractivity contribution in [3.63, 3.8) is 0 Å². The van der Waals surface area contributed by atoms with Gasteiger partial charge >= 0.3 is 13.7 Å². The predicted molar refractivity (Wildman–Crippen MR) is 77.3 cm³/mol. The average Bonchev–Trinajstić information content (AvgIpc) is 2.45. The van der Waals surface area contributed by atoms with Crippen LogP contribution in [-0.2, 0) is 18.3 Å². The maximum Gasteiger partial charge on any atom is 0.405 e. The van der Waals surface area contributed by atoms with Crippen molar-refractivity contribution in [2.24, 2.45) is 5.73 Å². The van der Waals surface area contributed by atoms with Crippen LogP contribution >= 0.6 is 7.60 Å². The molecule has 0 aliphatic carbocycles. The summed E-state index contributed by atoms with van der Waals surface area (Å²) in [5.74, 6) is -0.611. The number of carbonyl (C=O) groups excluding carboxylic acids is 1. The second-order valence-electron chi connectivity index (χ2n) is 3.94. The van der Waals surface area contributed by atoms with Crippen LogP contribution in [0.1, 0.15) is 25.3 Å². The van der Waals surface area contributed by atoms with Gasteiger partial charge in [0.2, 0.25) is 5.85 Å². The third-order valence-corrected chi connectivity index (χ3v) is 4.75. The van der Waals surface area contributed by atoms with Crippen molar-refractivity contribution < 1.29 is 27.9 Å². The van der Waals surface area contributed by atoms with Crippen LogP contribution in [0.25, 0.3) is 0 Å². The lowest BCUT2D eigenvalue weighted by atomic mass is 10.2. The summed E-state index contributed by atoms with van der Waals surface area (Å²) in [5.41, 5.74) is 5.50. The zero-order valence-electron chi connectivity index (χ0n) is 12.3. The van der Waals surface area contributed by atoms with Crippen LogP contribution in [0.15, 0.2) is 24.3 Å². The van der Waals surface area contributed by atoms with Crippen LogP contribution in [0.2, 0.25) is 0 Å². The Labute approximate surface area is 123 Å². The van der Waals surface area contributed by atoms with E-state index in [1.54, 1.807) is 38.1 Å². The third-order valence-electron chi connectivity index (χ3n) is 2.53. The predicted octanol–water partition coefficient (Wildman–Crippen LogP) is 3.06. The molecule has 8 heteroatoms. The number of ether oxygens (including phenoxy) is 2. The Kier molecular flexibility index (Phi) is 6.68. The largest absolute Gasteiger partial charge is 0.497 e. The average molecular weight is 317 g/mol. The molecule has 1 unspecified atom stereocenters. The number of nitrogens with two attached hydrogens (primary N) is 1. The maximum atomic E-state index is 12.8. The topological polar surface area (TPSA) is 97.1 Å². The van der Waals surface area contributed by atoms with E-state index in [-0.39, 0.29) is 13.2 Å². The Bertz CT molecular complexity index is 494. The molecule has 118 valence electrons. The van der Waals surface area contributed by atoms with Gasteiger partial charge in [-0.2, -0.15) is 0 Å². The summed E-state index contributed by atoms with van der Waals surface area (Å²) in [5, 5.41) is 0. The number of methoxy groups -OCH3 is 1. The van der Waals surface area contributed by atoms with Gasteiger partial charge in [-0.15, -0.1) is 0 Å². The van der Waals surface area contributed by atoms with Crippen molar-refractivity contribution in [1.82, 2.24) is 0 Å². The van der Waals surface area contributed by atoms with Crippen LogP contribution in [0.5, 0.6) is 5.75 Å². The highest BCUT2D eigenvalue weighted by Crippen LogP contribution is 2.61. The molecular weight excluding hydrogens is 297 g/mol. The molecule has 0 spiro atoms. The van der Waals surface area contributed by atoms with Crippen molar-refractivity contribution in [2.75, 3.05) is 20.3 Å². The molecule has 0 heterocycles. The van der Waals surface area contributed by atoms with E-state index in [1.165, 1.54) is 7.11 Å². The minimum Gasteiger partial charge on any atom is -0.497 e. The summed E-state index contributed by atoms with van der Waals surface area (Å²) in [6.07, 6.45) is -1.06. The van der Waals surface area contributed by atoms with Gasteiger partial charge in [0.25, 0.3) is 0 Å². The molecule has 0 radical (unpaired) electrons. The van der Waals surface area contributed by atoms with Gasteiger partial charge in [-0.1, -0.05) is 12.1 Å². The molecule has 0 saturated heterocycles. The lowest BCUT2D eigenvalue weighted by molar-refractivity contribution is 0.109. The van der Waals surface area contributed by atoms with E-state index < -0.39 is 19.5 Å². The number of hydrogen-bond donors (Lipinski definition) is 1. The Morgan fingerprint density at radius 2 is 1.71 bits per heavy atom. The fourth-order valence-electron chi connectivity index (χ4n) is 1.73. The minimum absolute atomic E-state index is 0.145. The van der Waals surface area contributed by atoms with E-state index in [1.807, 2.05) is 0 Å². The van der Waals surface area contributed by atoms with Crippen LogP contribution in [0.3, 0.4) is 0 Å². The van der Waals surface area contributed by atoms with E-state index in [9.17, 15) is 9.36 Å². The lowest BCUT2D eigenvalue weighted by Crippen LogP contribution is -2.19. The molecular formula is C13H20NO6P. The summed E-state index contributed by atoms with van der Waals surface area (Å²) in [6, 6.07) is 6.51. The molecule has 0 fully saturated rings. The summed E-state index contributed by atoms with van der Waals surface area (Å²) in [6.45, 7) is 3.63. The number of hydrogen-bond acceptors (Lipinski definition) is 6. The summed E-state index contributed by atoms with van der Waals surface area (Å²) in [4.78, 5) is 11.1. The Morgan fingerprint density at radius 1 is 1.19 bits per heavy atom. The molecule has 1 aromatic carbocycles. The molecule has 0 saturated carbocycles. The van der Waals surface area contributed by atoms with Crippen molar-refractivity contribution >= 4 is 13.7 Å². The van der Waals surface area contributed by atoms with Gasteiger partial charge in [0.15, 0.2) is 0 Å². The zero-order chi connectivity index (χ0) is 15.9. The van der Waals surface area contributed by atoms with Crippen molar-refractivity contribution in [3.05, 3.63) is 29.8 Å². The van der Waals surface area contributed by atoms with Gasteiger partial charge in [0.05, 0.1) is 20.3 Å². The molecule has 1 atom stereocenters. The fraction of sp³-hybridized carbons (Fsp3) is 0.462. The number of amides is 1. The molecule has 1 rings (SSSR count). The first-order valence-corrected chi connectivity index (χ1v) is 8.06. The van der Waals surface area contributed by atoms with Crippen molar-refractivity contribution in [3.8, 4) is 5.75 Å².